The SMILES string of the molecule is COc1cccc(-c2ccc3c(c2)[C@]2(N=C(N)N(C)C2=O)[C@H]2COCC[C@@H]2O3)c1. The number of guanidine groups is 1. The van der Waals surface area contributed by atoms with E-state index in [0.717, 1.165) is 28.9 Å². The third kappa shape index (κ3) is 2.54. The van der Waals surface area contributed by atoms with Crippen molar-refractivity contribution in [2.75, 3.05) is 27.4 Å². The highest BCUT2D eigenvalue weighted by atomic mass is 16.5. The number of rotatable bonds is 2. The topological polar surface area (TPSA) is 86.4 Å². The van der Waals surface area contributed by atoms with Gasteiger partial charge in [0.2, 0.25) is 0 Å². The Hall–Kier alpha value is -3.06. The first kappa shape index (κ1) is 18.0. The summed E-state index contributed by atoms with van der Waals surface area (Å²) in [6.07, 6.45) is 0.585. The first-order valence-electron chi connectivity index (χ1n) is 9.71. The predicted octanol–water partition coefficient (Wildman–Crippen LogP) is 2.14. The Bertz CT molecular complexity index is 1020. The van der Waals surface area contributed by atoms with Gasteiger partial charge in [-0.15, -0.1) is 0 Å². The summed E-state index contributed by atoms with van der Waals surface area (Å²) in [6, 6.07) is 13.7. The van der Waals surface area contributed by atoms with Crippen molar-refractivity contribution in [1.29, 1.82) is 0 Å². The van der Waals surface area contributed by atoms with Gasteiger partial charge in [-0.05, 0) is 35.4 Å². The van der Waals surface area contributed by atoms with Crippen LogP contribution in [-0.2, 0) is 15.1 Å². The van der Waals surface area contributed by atoms with Gasteiger partial charge >= 0.3 is 0 Å². The fraction of sp³-hybridized carbons (Fsp3) is 0.364. The smallest absolute Gasteiger partial charge is 0.262 e. The molecule has 2 aromatic carbocycles. The molecule has 29 heavy (non-hydrogen) atoms. The fourth-order valence-electron chi connectivity index (χ4n) is 4.60. The van der Waals surface area contributed by atoms with Gasteiger partial charge in [0.05, 0.1) is 26.2 Å². The third-order valence-corrected chi connectivity index (χ3v) is 6.17. The Morgan fingerprint density at radius 1 is 1.24 bits per heavy atom. The number of hydrogen-bond donors (Lipinski definition) is 1. The minimum absolute atomic E-state index is 0.133. The lowest BCUT2D eigenvalue weighted by Gasteiger charge is -2.45. The number of aliphatic imine (C=N–C) groups is 1. The van der Waals surface area contributed by atoms with E-state index in [0.29, 0.717) is 19.0 Å². The van der Waals surface area contributed by atoms with E-state index in [1.165, 1.54) is 4.90 Å². The second-order valence-electron chi connectivity index (χ2n) is 7.67. The van der Waals surface area contributed by atoms with E-state index in [2.05, 4.69) is 0 Å². The van der Waals surface area contributed by atoms with Gasteiger partial charge in [0.1, 0.15) is 17.6 Å². The normalized spacial score (nSPS) is 27.9. The maximum absolute atomic E-state index is 13.5. The van der Waals surface area contributed by atoms with E-state index < -0.39 is 5.54 Å². The molecular formula is C22H23N3O4. The molecule has 1 saturated heterocycles. The molecule has 2 aromatic rings. The monoisotopic (exact) mass is 393 g/mol. The Balaban J connectivity index is 1.70. The van der Waals surface area contributed by atoms with Gasteiger partial charge in [-0.1, -0.05) is 18.2 Å². The summed E-state index contributed by atoms with van der Waals surface area (Å²) in [5, 5.41) is 0. The second-order valence-corrected chi connectivity index (χ2v) is 7.67. The first-order chi connectivity index (χ1) is 14.0. The predicted molar refractivity (Wildman–Crippen MR) is 108 cm³/mol. The number of hydrogen-bond acceptors (Lipinski definition) is 6. The third-order valence-electron chi connectivity index (χ3n) is 6.17. The fourth-order valence-corrected chi connectivity index (χ4v) is 4.60. The van der Waals surface area contributed by atoms with E-state index in [-0.39, 0.29) is 23.9 Å². The Morgan fingerprint density at radius 3 is 2.83 bits per heavy atom. The van der Waals surface area contributed by atoms with Crippen molar-refractivity contribution in [1.82, 2.24) is 4.90 Å². The van der Waals surface area contributed by atoms with Crippen LogP contribution < -0.4 is 15.2 Å². The summed E-state index contributed by atoms with van der Waals surface area (Å²) in [6.45, 7) is 1.02. The summed E-state index contributed by atoms with van der Waals surface area (Å²) < 4.78 is 17.4. The molecule has 5 rings (SSSR count). The lowest BCUT2D eigenvalue weighted by atomic mass is 9.71. The van der Waals surface area contributed by atoms with Crippen molar-refractivity contribution in [3.63, 3.8) is 0 Å². The molecule has 1 fully saturated rings. The standard InChI is InChI=1S/C22H23N3O4/c1-25-20(26)22(24-21(25)23)16-11-14(13-4-3-5-15(10-13)27-2)6-7-18(16)29-19-8-9-28-12-17(19)22/h3-7,10-11,17,19H,8-9,12H2,1-2H3,(H2,23,24)/t17-,19-,22-/m0/s1. The minimum atomic E-state index is -1.12. The lowest BCUT2D eigenvalue weighted by Crippen LogP contribution is -2.56. The molecule has 1 spiro atoms. The molecule has 0 radical (unpaired) electrons. The highest BCUT2D eigenvalue weighted by molar-refractivity contribution is 6.07. The molecule has 3 aliphatic heterocycles. The number of likely N-dealkylation sites (N-methyl/N-ethyl adjacent to an activating group) is 1. The summed E-state index contributed by atoms with van der Waals surface area (Å²) in [5.41, 5.74) is 7.66. The van der Waals surface area contributed by atoms with Crippen LogP contribution in [0, 0.1) is 5.92 Å². The van der Waals surface area contributed by atoms with Crippen LogP contribution in [0.25, 0.3) is 11.1 Å². The number of fused-ring (bicyclic) bond motifs is 4. The Morgan fingerprint density at radius 2 is 2.07 bits per heavy atom. The number of amides is 1. The van der Waals surface area contributed by atoms with Crippen LogP contribution in [0.1, 0.15) is 12.0 Å². The van der Waals surface area contributed by atoms with Crippen LogP contribution in [0.4, 0.5) is 0 Å². The maximum atomic E-state index is 13.5. The average Bonchev–Trinajstić information content (AvgIpc) is 2.98. The van der Waals surface area contributed by atoms with Gasteiger partial charge in [0.15, 0.2) is 11.5 Å². The van der Waals surface area contributed by atoms with Gasteiger partial charge in [-0.3, -0.25) is 9.69 Å². The molecule has 0 aromatic heterocycles. The average molecular weight is 393 g/mol. The highest BCUT2D eigenvalue weighted by Crippen LogP contribution is 2.51. The number of nitrogens with zero attached hydrogens (tertiary/aromatic N) is 2. The molecule has 0 aliphatic carbocycles. The number of methoxy groups -OCH3 is 1. The Kier molecular flexibility index (Phi) is 4.03. The molecule has 2 N–H and O–H groups in total. The van der Waals surface area contributed by atoms with Gasteiger partial charge in [-0.25, -0.2) is 4.99 Å². The van der Waals surface area contributed by atoms with Crippen molar-refractivity contribution in [3.8, 4) is 22.6 Å². The molecular weight excluding hydrogens is 370 g/mol. The minimum Gasteiger partial charge on any atom is -0.497 e. The number of nitrogens with two attached hydrogens (primary N) is 1. The zero-order valence-electron chi connectivity index (χ0n) is 16.4. The molecule has 1 amide bonds. The van der Waals surface area contributed by atoms with Crippen molar-refractivity contribution in [2.45, 2.75) is 18.1 Å². The zero-order valence-corrected chi connectivity index (χ0v) is 16.4. The second kappa shape index (κ2) is 6.49. The van der Waals surface area contributed by atoms with E-state index in [9.17, 15) is 4.79 Å². The molecule has 0 bridgehead atoms. The van der Waals surface area contributed by atoms with E-state index >= 15 is 0 Å². The molecule has 0 saturated carbocycles. The van der Waals surface area contributed by atoms with E-state index in [4.69, 9.17) is 24.9 Å². The molecule has 0 unspecified atom stereocenters. The summed E-state index contributed by atoms with van der Waals surface area (Å²) in [7, 11) is 3.30. The number of benzene rings is 2. The quantitative estimate of drug-likeness (QED) is 0.845. The van der Waals surface area contributed by atoms with Crippen LogP contribution in [-0.4, -0.2) is 50.2 Å². The molecule has 7 nitrogen and oxygen atoms in total. The van der Waals surface area contributed by atoms with Crippen LogP contribution in [0.5, 0.6) is 11.5 Å². The molecule has 3 atom stereocenters. The van der Waals surface area contributed by atoms with Crippen LogP contribution in [0.3, 0.4) is 0 Å². The molecule has 3 heterocycles. The molecule has 150 valence electrons. The molecule has 3 aliphatic rings. The number of carbonyl (C=O) groups is 1. The lowest BCUT2D eigenvalue weighted by molar-refractivity contribution is -0.141. The number of carbonyl (C=O) groups excluding carboxylic acids is 1. The van der Waals surface area contributed by atoms with E-state index in [1.807, 2.05) is 42.5 Å². The van der Waals surface area contributed by atoms with Crippen molar-refractivity contribution >= 4 is 11.9 Å². The van der Waals surface area contributed by atoms with Crippen molar-refractivity contribution in [3.05, 3.63) is 48.0 Å². The maximum Gasteiger partial charge on any atom is 0.262 e. The largest absolute Gasteiger partial charge is 0.497 e. The van der Waals surface area contributed by atoms with E-state index in [1.54, 1.807) is 14.2 Å². The van der Waals surface area contributed by atoms with Crippen molar-refractivity contribution < 1.29 is 19.0 Å². The molecule has 7 heteroatoms. The van der Waals surface area contributed by atoms with Gasteiger partial charge < -0.3 is 19.9 Å². The zero-order chi connectivity index (χ0) is 20.2. The highest BCUT2D eigenvalue weighted by Gasteiger charge is 2.60. The number of ether oxygens (including phenoxy) is 3. The summed E-state index contributed by atoms with van der Waals surface area (Å²) >= 11 is 0. The Labute approximate surface area is 169 Å². The van der Waals surface area contributed by atoms with Crippen LogP contribution >= 0.6 is 0 Å². The van der Waals surface area contributed by atoms with Crippen molar-refractivity contribution in [2.24, 2.45) is 16.6 Å². The summed E-state index contributed by atoms with van der Waals surface area (Å²) in [4.78, 5) is 19.6. The van der Waals surface area contributed by atoms with Gasteiger partial charge in [-0.2, -0.15) is 0 Å². The van der Waals surface area contributed by atoms with Gasteiger partial charge in [0, 0.05) is 19.0 Å². The summed E-state index contributed by atoms with van der Waals surface area (Å²) in [5.74, 6) is 1.31. The first-order valence-corrected chi connectivity index (χ1v) is 9.71. The van der Waals surface area contributed by atoms with Crippen LogP contribution in [0.15, 0.2) is 47.5 Å². The van der Waals surface area contributed by atoms with Gasteiger partial charge in [0.25, 0.3) is 5.91 Å². The van der Waals surface area contributed by atoms with Crippen LogP contribution in [0.2, 0.25) is 0 Å².